The normalized spacial score (nSPS) is 18.4. The van der Waals surface area contributed by atoms with Crippen molar-refractivity contribution in [2.75, 3.05) is 7.05 Å². The van der Waals surface area contributed by atoms with Crippen molar-refractivity contribution >= 4 is 40.6 Å². The zero-order valence-corrected chi connectivity index (χ0v) is 18.9. The zero-order valence-electron chi connectivity index (χ0n) is 16.6. The van der Waals surface area contributed by atoms with Crippen LogP contribution in [0.1, 0.15) is 16.7 Å². The molecule has 3 aromatic rings. The summed E-state index contributed by atoms with van der Waals surface area (Å²) >= 11 is 18.6. The molecule has 0 saturated carbocycles. The van der Waals surface area contributed by atoms with Gasteiger partial charge in [-0.15, -0.1) is 0 Å². The van der Waals surface area contributed by atoms with Crippen LogP contribution in [-0.2, 0) is 11.3 Å². The van der Waals surface area contributed by atoms with E-state index in [2.05, 4.69) is 15.4 Å². The molecule has 12 heteroatoms. The van der Waals surface area contributed by atoms with Crippen LogP contribution in [0.15, 0.2) is 59.7 Å². The van der Waals surface area contributed by atoms with Crippen molar-refractivity contribution < 1.29 is 22.3 Å². The predicted octanol–water partition coefficient (Wildman–Crippen LogP) is 6.58. The molecule has 172 valence electrons. The molecule has 1 unspecified atom stereocenters. The van der Waals surface area contributed by atoms with E-state index >= 15 is 0 Å². The second-order valence-corrected chi connectivity index (χ2v) is 8.32. The molecule has 0 amide bonds. The maximum absolute atomic E-state index is 14.4. The third-order valence-corrected chi connectivity index (χ3v) is 5.59. The number of nitrogens with zero attached hydrogens (tertiary/aromatic N) is 3. The summed E-state index contributed by atoms with van der Waals surface area (Å²) in [5, 5.41) is -0.313. The third kappa shape index (κ3) is 4.72. The molecule has 1 atom stereocenters. The van der Waals surface area contributed by atoms with Crippen LogP contribution in [0.4, 0.5) is 17.6 Å². The van der Waals surface area contributed by atoms with Crippen LogP contribution in [0, 0.1) is 5.82 Å². The van der Waals surface area contributed by atoms with Crippen molar-refractivity contribution in [2.24, 2.45) is 4.99 Å². The number of hydrogen-bond donors (Lipinski definition) is 1. The minimum atomic E-state index is -4.57. The molecule has 0 aliphatic carbocycles. The number of hydrogen-bond acceptors (Lipinski definition) is 5. The van der Waals surface area contributed by atoms with Crippen LogP contribution in [0.2, 0.25) is 10.0 Å². The number of amidine groups is 1. The first-order valence-corrected chi connectivity index (χ1v) is 10.4. The van der Waals surface area contributed by atoms with Gasteiger partial charge in [0.05, 0.1) is 16.1 Å². The Morgan fingerprint density at radius 3 is 2.36 bits per heavy atom. The van der Waals surface area contributed by atoms with Gasteiger partial charge >= 0.3 is 6.18 Å². The predicted molar refractivity (Wildman–Crippen MR) is 117 cm³/mol. The second-order valence-electron chi connectivity index (χ2n) is 6.96. The van der Waals surface area contributed by atoms with E-state index in [0.717, 1.165) is 6.07 Å². The van der Waals surface area contributed by atoms with Crippen LogP contribution >= 0.6 is 34.8 Å². The second kappa shape index (κ2) is 8.64. The van der Waals surface area contributed by atoms with Gasteiger partial charge in [-0.2, -0.15) is 18.6 Å². The van der Waals surface area contributed by atoms with Crippen LogP contribution in [-0.4, -0.2) is 22.9 Å². The fourth-order valence-corrected chi connectivity index (χ4v) is 4.10. The molecular weight excluding hydrogens is 507 g/mol. The van der Waals surface area contributed by atoms with E-state index in [9.17, 15) is 17.6 Å². The standard InChI is InChI=1S/C21H13Cl3F4N4O/c1-32-18(30-20(24,31-32)17-14(22)3-2-4-16(17)25)11-5-7-13(8-6-11)33-19-15(23)9-12(10-29-19)21(26,27)28/h2-10,31H,1H3. The minimum absolute atomic E-state index is 0.0156. The SMILES string of the molecule is CN1NC(Cl)(c2c(F)cccc2Cl)N=C1c1ccc(Oc2ncc(C(F)(F)F)cc2Cl)cc1. The van der Waals surface area contributed by atoms with Crippen molar-refractivity contribution in [3.63, 3.8) is 0 Å². The summed E-state index contributed by atoms with van der Waals surface area (Å²) in [6.07, 6.45) is -3.93. The molecule has 0 spiro atoms. The van der Waals surface area contributed by atoms with Crippen LogP contribution in [0.25, 0.3) is 0 Å². The quantitative estimate of drug-likeness (QED) is 0.240. The lowest BCUT2D eigenvalue weighted by Crippen LogP contribution is -2.42. The van der Waals surface area contributed by atoms with E-state index < -0.39 is 22.7 Å². The molecule has 4 rings (SSSR count). The van der Waals surface area contributed by atoms with Gasteiger partial charge in [0.2, 0.25) is 11.0 Å². The number of benzene rings is 2. The Kier molecular flexibility index (Phi) is 6.17. The van der Waals surface area contributed by atoms with Crippen molar-refractivity contribution in [1.82, 2.24) is 15.4 Å². The first-order chi connectivity index (χ1) is 15.5. The molecule has 1 aliphatic heterocycles. The zero-order chi connectivity index (χ0) is 24.0. The highest BCUT2D eigenvalue weighted by molar-refractivity contribution is 6.33. The number of nitrogens with one attached hydrogen (secondary N) is 1. The monoisotopic (exact) mass is 518 g/mol. The topological polar surface area (TPSA) is 49.8 Å². The van der Waals surface area contributed by atoms with Gasteiger partial charge < -0.3 is 4.74 Å². The summed E-state index contributed by atoms with van der Waals surface area (Å²) in [6.45, 7) is 0. The number of pyridine rings is 1. The highest BCUT2D eigenvalue weighted by atomic mass is 35.5. The third-order valence-electron chi connectivity index (χ3n) is 4.65. The van der Waals surface area contributed by atoms with Crippen LogP contribution in [0.3, 0.4) is 0 Å². The van der Waals surface area contributed by atoms with Crippen molar-refractivity contribution in [2.45, 2.75) is 11.3 Å². The molecule has 1 aromatic heterocycles. The van der Waals surface area contributed by atoms with E-state index in [-0.39, 0.29) is 27.2 Å². The van der Waals surface area contributed by atoms with Crippen LogP contribution in [0.5, 0.6) is 11.6 Å². The molecular formula is C21H13Cl3F4N4O. The van der Waals surface area contributed by atoms with Crippen molar-refractivity contribution in [3.05, 3.63) is 87.3 Å². The fourth-order valence-electron chi connectivity index (χ4n) is 3.14. The molecule has 0 bridgehead atoms. The minimum Gasteiger partial charge on any atom is -0.438 e. The van der Waals surface area contributed by atoms with Gasteiger partial charge in [-0.1, -0.05) is 40.9 Å². The molecule has 0 saturated heterocycles. The van der Waals surface area contributed by atoms with Gasteiger partial charge in [0.25, 0.3) is 0 Å². The van der Waals surface area contributed by atoms with Crippen LogP contribution < -0.4 is 10.2 Å². The number of alkyl halides is 4. The average molecular weight is 520 g/mol. The summed E-state index contributed by atoms with van der Waals surface area (Å²) in [6, 6.07) is 11.3. The van der Waals surface area contributed by atoms with Gasteiger partial charge in [0, 0.05) is 18.8 Å². The Balaban J connectivity index is 1.58. The molecule has 0 fully saturated rings. The van der Waals surface area contributed by atoms with Gasteiger partial charge in [-0.3, -0.25) is 5.01 Å². The number of aromatic nitrogens is 1. The van der Waals surface area contributed by atoms with E-state index in [4.69, 9.17) is 39.5 Å². The molecule has 0 radical (unpaired) electrons. The Morgan fingerprint density at radius 2 is 1.76 bits per heavy atom. The lowest BCUT2D eigenvalue weighted by Gasteiger charge is -2.23. The molecule has 2 aromatic carbocycles. The Labute approximate surface area is 200 Å². The summed E-state index contributed by atoms with van der Waals surface area (Å²) < 4.78 is 58.2. The summed E-state index contributed by atoms with van der Waals surface area (Å²) in [5.41, 5.74) is 2.47. The van der Waals surface area contributed by atoms with E-state index in [1.165, 1.54) is 23.2 Å². The highest BCUT2D eigenvalue weighted by Gasteiger charge is 2.41. The molecule has 1 N–H and O–H groups in total. The van der Waals surface area contributed by atoms with E-state index in [1.807, 2.05) is 0 Å². The van der Waals surface area contributed by atoms with Gasteiger partial charge in [-0.05, 0) is 42.5 Å². The molecule has 5 nitrogen and oxygen atoms in total. The molecule has 2 heterocycles. The van der Waals surface area contributed by atoms with Gasteiger partial charge in [-0.25, -0.2) is 14.4 Å². The van der Waals surface area contributed by atoms with E-state index in [0.29, 0.717) is 17.6 Å². The average Bonchev–Trinajstić information content (AvgIpc) is 3.04. The summed E-state index contributed by atoms with van der Waals surface area (Å²) in [7, 11) is 1.65. The fraction of sp³-hybridized carbons (Fsp3) is 0.143. The Morgan fingerprint density at radius 1 is 1.06 bits per heavy atom. The summed E-state index contributed by atoms with van der Waals surface area (Å²) in [5.74, 6) is -0.130. The lowest BCUT2D eigenvalue weighted by atomic mass is 10.1. The van der Waals surface area contributed by atoms with Gasteiger partial charge in [0.1, 0.15) is 22.4 Å². The van der Waals surface area contributed by atoms with E-state index in [1.54, 1.807) is 31.3 Å². The number of ether oxygens (including phenoxy) is 1. The first-order valence-electron chi connectivity index (χ1n) is 9.24. The number of rotatable bonds is 4. The van der Waals surface area contributed by atoms with Crippen molar-refractivity contribution in [1.29, 1.82) is 0 Å². The Bertz CT molecular complexity index is 1220. The first kappa shape index (κ1) is 23.6. The van der Waals surface area contributed by atoms with Gasteiger partial charge in [0.15, 0.2) is 0 Å². The summed E-state index contributed by atoms with van der Waals surface area (Å²) in [4.78, 5) is 8.05. The number of aliphatic imine (C=N–C) groups is 1. The highest BCUT2D eigenvalue weighted by Crippen LogP contribution is 2.39. The largest absolute Gasteiger partial charge is 0.438 e. The maximum atomic E-state index is 14.4. The maximum Gasteiger partial charge on any atom is 0.417 e. The Hall–Kier alpha value is -2.59. The molecule has 1 aliphatic rings. The van der Waals surface area contributed by atoms with Crippen molar-refractivity contribution in [3.8, 4) is 11.6 Å². The number of hydrazine groups is 1. The molecule has 33 heavy (non-hydrogen) atoms. The number of halogens is 7. The lowest BCUT2D eigenvalue weighted by molar-refractivity contribution is -0.137. The smallest absolute Gasteiger partial charge is 0.417 e.